The van der Waals surface area contributed by atoms with Crippen molar-refractivity contribution in [1.82, 2.24) is 5.32 Å². The number of aliphatic imine (C=N–C) groups is 1. The highest BCUT2D eigenvalue weighted by Gasteiger charge is 2.53. The van der Waals surface area contributed by atoms with Crippen molar-refractivity contribution in [3.63, 3.8) is 0 Å². The van der Waals surface area contributed by atoms with Gasteiger partial charge in [-0.05, 0) is 92.3 Å². The minimum Gasteiger partial charge on any atom is -0.494 e. The number of aliphatic hydroxyl groups excluding tert-OH is 1. The fraction of sp³-hybridized carbons (Fsp3) is 0.325. The lowest BCUT2D eigenvalue weighted by Gasteiger charge is -2.31. The first-order valence-corrected chi connectivity index (χ1v) is 16.9. The first-order valence-electron chi connectivity index (χ1n) is 16.6. The van der Waals surface area contributed by atoms with Crippen LogP contribution < -0.4 is 10.1 Å². The molecule has 0 saturated heterocycles. The van der Waals surface area contributed by atoms with Crippen molar-refractivity contribution in [3.8, 4) is 16.9 Å². The third kappa shape index (κ3) is 9.49. The maximum Gasteiger partial charge on any atom is 0.306 e. The van der Waals surface area contributed by atoms with Crippen molar-refractivity contribution >= 4 is 29.4 Å². The van der Waals surface area contributed by atoms with Crippen LogP contribution in [0.2, 0.25) is 5.02 Å². The van der Waals surface area contributed by atoms with Gasteiger partial charge in [0, 0.05) is 36.6 Å². The fourth-order valence-electron chi connectivity index (χ4n) is 5.66. The average molecular weight is 683 g/mol. The number of halogens is 1. The van der Waals surface area contributed by atoms with Gasteiger partial charge in [0.05, 0.1) is 6.61 Å². The van der Waals surface area contributed by atoms with Crippen molar-refractivity contribution in [2.45, 2.75) is 63.7 Å². The Bertz CT molecular complexity index is 1720. The van der Waals surface area contributed by atoms with Crippen LogP contribution in [-0.2, 0) is 25.5 Å². The lowest BCUT2D eigenvalue weighted by Crippen LogP contribution is -2.49. The summed E-state index contributed by atoms with van der Waals surface area (Å²) in [6.45, 7) is 6.22. The molecule has 2 atom stereocenters. The van der Waals surface area contributed by atoms with Gasteiger partial charge in [-0.2, -0.15) is 0 Å². The number of ether oxygens (including phenoxy) is 3. The molecule has 0 saturated carbocycles. The molecule has 8 nitrogen and oxygen atoms in total. The van der Waals surface area contributed by atoms with Crippen LogP contribution in [-0.4, -0.2) is 53.8 Å². The molecule has 9 heteroatoms. The van der Waals surface area contributed by atoms with E-state index in [9.17, 15) is 9.59 Å². The van der Waals surface area contributed by atoms with Gasteiger partial charge in [-0.25, -0.2) is 4.99 Å². The lowest BCUT2D eigenvalue weighted by atomic mass is 9.83. The first kappa shape index (κ1) is 35.6. The Labute approximate surface area is 293 Å². The van der Waals surface area contributed by atoms with Gasteiger partial charge < -0.3 is 24.6 Å². The van der Waals surface area contributed by atoms with E-state index < -0.39 is 23.2 Å². The standard InChI is InChI=1S/C40H43ClN2O6/c1-39(2,3)49-35(45)22-24-40(38(46)42-25-23-28-10-18-33(41)19-11-28)36(31-14-12-30(13-15-31)29-8-5-4-6-9-29)48-37(43-40)32-16-20-34(21-17-32)47-27-7-26-44/h4-6,8-21,36,44H,7,22-27H2,1-3H3,(H,42,46)/t36-,40-/m1/s1. The lowest BCUT2D eigenvalue weighted by molar-refractivity contribution is -0.155. The van der Waals surface area contributed by atoms with Crippen LogP contribution in [0.15, 0.2) is 108 Å². The van der Waals surface area contributed by atoms with Crippen LogP contribution in [0.1, 0.15) is 62.8 Å². The third-order valence-electron chi connectivity index (χ3n) is 8.09. The van der Waals surface area contributed by atoms with Gasteiger partial charge in [0.1, 0.15) is 11.4 Å². The van der Waals surface area contributed by atoms with Gasteiger partial charge in [-0.3, -0.25) is 9.59 Å². The molecule has 1 heterocycles. The number of carbonyl (C=O) groups excluding carboxylic acids is 2. The molecule has 4 aromatic carbocycles. The largest absolute Gasteiger partial charge is 0.494 e. The summed E-state index contributed by atoms with van der Waals surface area (Å²) in [6.07, 6.45) is 0.293. The molecule has 256 valence electrons. The molecule has 1 amide bonds. The van der Waals surface area contributed by atoms with Gasteiger partial charge in [0.15, 0.2) is 11.6 Å². The molecule has 0 radical (unpaired) electrons. The molecule has 49 heavy (non-hydrogen) atoms. The van der Waals surface area contributed by atoms with E-state index in [0.717, 1.165) is 22.3 Å². The monoisotopic (exact) mass is 682 g/mol. The average Bonchev–Trinajstić information content (AvgIpc) is 3.49. The van der Waals surface area contributed by atoms with E-state index in [0.29, 0.717) is 42.3 Å². The number of nitrogens with one attached hydrogen (secondary N) is 1. The van der Waals surface area contributed by atoms with Gasteiger partial charge in [0.25, 0.3) is 5.91 Å². The van der Waals surface area contributed by atoms with Crippen LogP contribution in [0.3, 0.4) is 0 Å². The van der Waals surface area contributed by atoms with Crippen LogP contribution in [0.5, 0.6) is 5.75 Å². The molecular weight excluding hydrogens is 640 g/mol. The molecule has 0 spiro atoms. The van der Waals surface area contributed by atoms with Crippen molar-refractivity contribution in [2.24, 2.45) is 4.99 Å². The predicted octanol–water partition coefficient (Wildman–Crippen LogP) is 7.51. The second kappa shape index (κ2) is 16.2. The Morgan fingerprint density at radius 1 is 0.898 bits per heavy atom. The number of hydrogen-bond donors (Lipinski definition) is 2. The first-order chi connectivity index (χ1) is 23.6. The number of rotatable bonds is 14. The second-order valence-corrected chi connectivity index (χ2v) is 13.4. The summed E-state index contributed by atoms with van der Waals surface area (Å²) in [5.74, 6) is 0.157. The minimum absolute atomic E-state index is 0.0434. The van der Waals surface area contributed by atoms with Crippen LogP contribution in [0.4, 0.5) is 0 Å². The highest BCUT2D eigenvalue weighted by Crippen LogP contribution is 2.44. The summed E-state index contributed by atoms with van der Waals surface area (Å²) in [7, 11) is 0. The normalized spacial score (nSPS) is 17.2. The minimum atomic E-state index is -1.48. The summed E-state index contributed by atoms with van der Waals surface area (Å²) >= 11 is 6.07. The molecule has 0 aromatic heterocycles. The molecule has 1 aliphatic heterocycles. The maximum absolute atomic E-state index is 14.4. The zero-order valence-corrected chi connectivity index (χ0v) is 28.9. The van der Waals surface area contributed by atoms with E-state index in [-0.39, 0.29) is 31.3 Å². The second-order valence-electron chi connectivity index (χ2n) is 13.0. The summed E-state index contributed by atoms with van der Waals surface area (Å²) in [6, 6.07) is 32.7. The van der Waals surface area contributed by atoms with Crippen molar-refractivity contribution in [2.75, 3.05) is 19.8 Å². The molecule has 0 fully saturated rings. The predicted molar refractivity (Wildman–Crippen MR) is 192 cm³/mol. The number of amides is 1. The number of esters is 1. The van der Waals surface area contributed by atoms with E-state index in [1.54, 1.807) is 12.1 Å². The Morgan fingerprint density at radius 2 is 1.55 bits per heavy atom. The highest BCUT2D eigenvalue weighted by atomic mass is 35.5. The summed E-state index contributed by atoms with van der Waals surface area (Å²) in [5.41, 5.74) is 2.36. The number of carbonyl (C=O) groups is 2. The van der Waals surface area contributed by atoms with E-state index in [1.807, 2.05) is 112 Å². The van der Waals surface area contributed by atoms with Crippen LogP contribution >= 0.6 is 11.6 Å². The molecule has 0 unspecified atom stereocenters. The molecule has 0 bridgehead atoms. The van der Waals surface area contributed by atoms with E-state index in [2.05, 4.69) is 5.32 Å². The number of aliphatic hydroxyl groups is 1. The molecule has 0 aliphatic carbocycles. The smallest absolute Gasteiger partial charge is 0.306 e. The Balaban J connectivity index is 1.49. The Kier molecular flexibility index (Phi) is 11.8. The fourth-order valence-corrected chi connectivity index (χ4v) is 5.79. The van der Waals surface area contributed by atoms with E-state index in [1.165, 1.54) is 0 Å². The van der Waals surface area contributed by atoms with Crippen molar-refractivity contribution < 1.29 is 28.9 Å². The number of benzene rings is 4. The van der Waals surface area contributed by atoms with E-state index in [4.69, 9.17) is 35.9 Å². The van der Waals surface area contributed by atoms with E-state index >= 15 is 0 Å². The summed E-state index contributed by atoms with van der Waals surface area (Å²) < 4.78 is 18.0. The van der Waals surface area contributed by atoms with Crippen molar-refractivity contribution in [1.29, 1.82) is 0 Å². The van der Waals surface area contributed by atoms with Gasteiger partial charge in [0.2, 0.25) is 5.90 Å². The van der Waals surface area contributed by atoms with Gasteiger partial charge >= 0.3 is 5.97 Å². The van der Waals surface area contributed by atoms with Crippen LogP contribution in [0, 0.1) is 0 Å². The summed E-state index contributed by atoms with van der Waals surface area (Å²) in [4.78, 5) is 32.5. The zero-order valence-electron chi connectivity index (χ0n) is 28.2. The highest BCUT2D eigenvalue weighted by molar-refractivity contribution is 6.30. The molecule has 1 aliphatic rings. The topological polar surface area (TPSA) is 106 Å². The maximum atomic E-state index is 14.4. The molecule has 2 N–H and O–H groups in total. The number of hydrogen-bond acceptors (Lipinski definition) is 7. The van der Waals surface area contributed by atoms with Crippen molar-refractivity contribution in [3.05, 3.63) is 125 Å². The molecular formula is C40H43ClN2O6. The van der Waals surface area contributed by atoms with Gasteiger partial charge in [-0.1, -0.05) is 78.3 Å². The quantitative estimate of drug-likeness (QED) is 0.105. The van der Waals surface area contributed by atoms with Gasteiger partial charge in [-0.15, -0.1) is 0 Å². The molecule has 4 aromatic rings. The SMILES string of the molecule is CC(C)(C)OC(=O)CC[C@@]1(C(=O)NCCc2ccc(Cl)cc2)N=C(c2ccc(OCCCO)cc2)O[C@@H]1c1ccc(-c2ccccc2)cc1. The Morgan fingerprint density at radius 3 is 2.20 bits per heavy atom. The summed E-state index contributed by atoms with van der Waals surface area (Å²) in [5, 5.41) is 12.8. The Hall–Kier alpha value is -4.66. The third-order valence-corrected chi connectivity index (χ3v) is 8.35. The number of nitrogens with zero attached hydrogens (tertiary/aromatic N) is 1. The molecule has 5 rings (SSSR count). The van der Waals surface area contributed by atoms with Crippen LogP contribution in [0.25, 0.3) is 11.1 Å². The zero-order chi connectivity index (χ0) is 34.9.